The Kier molecular flexibility index (Phi) is 4.60. The van der Waals surface area contributed by atoms with E-state index in [1.165, 1.54) is 5.56 Å². The molecule has 1 saturated carbocycles. The summed E-state index contributed by atoms with van der Waals surface area (Å²) in [7, 11) is 0. The van der Waals surface area contributed by atoms with Gasteiger partial charge in [-0.1, -0.05) is 29.8 Å². The zero-order valence-electron chi connectivity index (χ0n) is 12.7. The number of hydrogen-bond acceptors (Lipinski definition) is 4. The number of benzene rings is 1. The van der Waals surface area contributed by atoms with Crippen LogP contribution in [0.2, 0.25) is 0 Å². The van der Waals surface area contributed by atoms with Gasteiger partial charge in [-0.3, -0.25) is 0 Å². The van der Waals surface area contributed by atoms with Crippen molar-refractivity contribution in [1.29, 1.82) is 0 Å². The number of nitrogens with one attached hydrogen (secondary N) is 1. The predicted octanol–water partition coefficient (Wildman–Crippen LogP) is 2.30. The summed E-state index contributed by atoms with van der Waals surface area (Å²) >= 11 is 0. The van der Waals surface area contributed by atoms with Gasteiger partial charge in [0.25, 0.3) is 0 Å². The molecule has 1 saturated heterocycles. The van der Waals surface area contributed by atoms with E-state index in [1.54, 1.807) is 0 Å². The molecule has 1 aromatic rings. The van der Waals surface area contributed by atoms with Crippen LogP contribution in [0.4, 0.5) is 0 Å². The molecule has 1 aliphatic carbocycles. The zero-order chi connectivity index (χ0) is 14.7. The van der Waals surface area contributed by atoms with Crippen molar-refractivity contribution in [2.75, 3.05) is 19.8 Å². The van der Waals surface area contributed by atoms with Crippen LogP contribution in [0.25, 0.3) is 0 Å². The molecule has 3 rings (SSSR count). The Hall–Kier alpha value is -0.940. The largest absolute Gasteiger partial charge is 0.387 e. The van der Waals surface area contributed by atoms with Crippen molar-refractivity contribution >= 4 is 0 Å². The normalized spacial score (nSPS) is 23.5. The lowest BCUT2D eigenvalue weighted by Gasteiger charge is -2.36. The highest BCUT2D eigenvalue weighted by atomic mass is 16.7. The standard InChI is InChI=1S/C17H25NO3/c1-13-3-2-4-14(11-13)16(19)12-18-15-5-7-17(8-6-15)20-9-10-21-17/h2-4,11,15-16,18-19H,5-10,12H2,1H3/t16-/m1/s1. The van der Waals surface area contributed by atoms with E-state index < -0.39 is 6.10 Å². The topological polar surface area (TPSA) is 50.7 Å². The minimum Gasteiger partial charge on any atom is -0.387 e. The number of aliphatic hydroxyl groups excluding tert-OH is 1. The van der Waals surface area contributed by atoms with Crippen LogP contribution in [0, 0.1) is 6.92 Å². The molecule has 2 aliphatic rings. The van der Waals surface area contributed by atoms with Crippen molar-refractivity contribution < 1.29 is 14.6 Å². The molecule has 1 heterocycles. The Balaban J connectivity index is 1.45. The molecule has 0 bridgehead atoms. The Bertz CT molecular complexity index is 461. The minimum atomic E-state index is -0.445. The van der Waals surface area contributed by atoms with Gasteiger partial charge in [-0.25, -0.2) is 0 Å². The van der Waals surface area contributed by atoms with Crippen molar-refractivity contribution in [2.45, 2.75) is 50.5 Å². The fourth-order valence-electron chi connectivity index (χ4n) is 3.32. The van der Waals surface area contributed by atoms with Crippen LogP contribution in [0.1, 0.15) is 42.9 Å². The summed E-state index contributed by atoms with van der Waals surface area (Å²) in [4.78, 5) is 0. The third-order valence-corrected chi connectivity index (χ3v) is 4.59. The van der Waals surface area contributed by atoms with Gasteiger partial charge in [0.05, 0.1) is 19.3 Å². The average Bonchev–Trinajstić information content (AvgIpc) is 2.95. The maximum Gasteiger partial charge on any atom is 0.168 e. The molecule has 21 heavy (non-hydrogen) atoms. The molecular weight excluding hydrogens is 266 g/mol. The molecule has 2 fully saturated rings. The highest BCUT2D eigenvalue weighted by Crippen LogP contribution is 2.35. The van der Waals surface area contributed by atoms with Crippen LogP contribution < -0.4 is 5.32 Å². The van der Waals surface area contributed by atoms with E-state index in [1.807, 2.05) is 31.2 Å². The van der Waals surface area contributed by atoms with Crippen molar-refractivity contribution in [3.63, 3.8) is 0 Å². The van der Waals surface area contributed by atoms with Crippen molar-refractivity contribution in [2.24, 2.45) is 0 Å². The molecule has 0 radical (unpaired) electrons. The summed E-state index contributed by atoms with van der Waals surface area (Å²) < 4.78 is 11.5. The zero-order valence-corrected chi connectivity index (χ0v) is 12.7. The molecule has 1 aromatic carbocycles. The molecule has 1 spiro atoms. The monoisotopic (exact) mass is 291 g/mol. The summed E-state index contributed by atoms with van der Waals surface area (Å²) in [5, 5.41) is 13.8. The first-order valence-electron chi connectivity index (χ1n) is 7.93. The van der Waals surface area contributed by atoms with E-state index in [0.717, 1.165) is 44.5 Å². The predicted molar refractivity (Wildman–Crippen MR) is 81.0 cm³/mol. The number of ether oxygens (including phenoxy) is 2. The Morgan fingerprint density at radius 2 is 2.00 bits per heavy atom. The second kappa shape index (κ2) is 6.44. The third kappa shape index (κ3) is 3.64. The number of hydrogen-bond donors (Lipinski definition) is 2. The minimum absolute atomic E-state index is 0.298. The fraction of sp³-hybridized carbons (Fsp3) is 0.647. The summed E-state index contributed by atoms with van der Waals surface area (Å²) in [6.07, 6.45) is 3.54. The van der Waals surface area contributed by atoms with E-state index >= 15 is 0 Å². The van der Waals surface area contributed by atoms with Crippen LogP contribution in [-0.2, 0) is 9.47 Å². The molecule has 1 aliphatic heterocycles. The highest BCUT2D eigenvalue weighted by molar-refractivity contribution is 5.24. The molecule has 1 atom stereocenters. The summed E-state index contributed by atoms with van der Waals surface area (Å²) in [5.41, 5.74) is 2.17. The molecule has 0 unspecified atom stereocenters. The van der Waals surface area contributed by atoms with Crippen molar-refractivity contribution in [3.8, 4) is 0 Å². The molecule has 0 amide bonds. The van der Waals surface area contributed by atoms with Gasteiger partial charge in [0.1, 0.15) is 0 Å². The lowest BCUT2D eigenvalue weighted by Crippen LogP contribution is -2.43. The van der Waals surface area contributed by atoms with Gasteiger partial charge >= 0.3 is 0 Å². The summed E-state index contributed by atoms with van der Waals surface area (Å²) in [6.45, 7) is 4.10. The molecule has 0 aromatic heterocycles. The maximum absolute atomic E-state index is 10.3. The van der Waals surface area contributed by atoms with E-state index in [4.69, 9.17) is 9.47 Å². The second-order valence-electron chi connectivity index (χ2n) is 6.22. The fourth-order valence-corrected chi connectivity index (χ4v) is 3.32. The second-order valence-corrected chi connectivity index (χ2v) is 6.22. The molecule has 2 N–H and O–H groups in total. The van der Waals surface area contributed by atoms with E-state index in [0.29, 0.717) is 12.6 Å². The molecular formula is C17H25NO3. The highest BCUT2D eigenvalue weighted by Gasteiger charge is 2.40. The molecule has 4 nitrogen and oxygen atoms in total. The molecule has 4 heteroatoms. The van der Waals surface area contributed by atoms with Gasteiger partial charge in [0.2, 0.25) is 0 Å². The first kappa shape index (κ1) is 15.0. The van der Waals surface area contributed by atoms with Crippen LogP contribution in [0.15, 0.2) is 24.3 Å². The summed E-state index contributed by atoms with van der Waals surface area (Å²) in [6, 6.07) is 8.51. The van der Waals surface area contributed by atoms with Crippen LogP contribution in [-0.4, -0.2) is 36.7 Å². The Morgan fingerprint density at radius 1 is 1.29 bits per heavy atom. The quantitative estimate of drug-likeness (QED) is 0.894. The van der Waals surface area contributed by atoms with Crippen molar-refractivity contribution in [1.82, 2.24) is 5.32 Å². The third-order valence-electron chi connectivity index (χ3n) is 4.59. The number of aryl methyl sites for hydroxylation is 1. The lowest BCUT2D eigenvalue weighted by atomic mass is 9.90. The van der Waals surface area contributed by atoms with E-state index in [2.05, 4.69) is 5.32 Å². The first-order valence-corrected chi connectivity index (χ1v) is 7.93. The Labute approximate surface area is 126 Å². The Morgan fingerprint density at radius 3 is 2.67 bits per heavy atom. The van der Waals surface area contributed by atoms with Gasteiger partial charge in [0, 0.05) is 25.4 Å². The molecule has 116 valence electrons. The maximum atomic E-state index is 10.3. The lowest BCUT2D eigenvalue weighted by molar-refractivity contribution is -0.179. The smallest absolute Gasteiger partial charge is 0.168 e. The van der Waals surface area contributed by atoms with E-state index in [9.17, 15) is 5.11 Å². The van der Waals surface area contributed by atoms with Gasteiger partial charge < -0.3 is 19.9 Å². The van der Waals surface area contributed by atoms with Crippen LogP contribution >= 0.6 is 0 Å². The van der Waals surface area contributed by atoms with Gasteiger partial charge in [-0.05, 0) is 25.3 Å². The summed E-state index contributed by atoms with van der Waals surface area (Å²) in [5.74, 6) is -0.298. The number of aliphatic hydroxyl groups is 1. The SMILES string of the molecule is Cc1cccc([C@H](O)CNC2CCC3(CC2)OCCO3)c1. The average molecular weight is 291 g/mol. The van der Waals surface area contributed by atoms with Gasteiger partial charge in [-0.15, -0.1) is 0 Å². The van der Waals surface area contributed by atoms with Crippen LogP contribution in [0.5, 0.6) is 0 Å². The van der Waals surface area contributed by atoms with Crippen molar-refractivity contribution in [3.05, 3.63) is 35.4 Å². The van der Waals surface area contributed by atoms with Gasteiger partial charge in [-0.2, -0.15) is 0 Å². The van der Waals surface area contributed by atoms with Gasteiger partial charge in [0.15, 0.2) is 5.79 Å². The first-order chi connectivity index (χ1) is 10.2. The number of rotatable bonds is 4. The van der Waals surface area contributed by atoms with E-state index in [-0.39, 0.29) is 5.79 Å². The van der Waals surface area contributed by atoms with Crippen LogP contribution in [0.3, 0.4) is 0 Å².